The van der Waals surface area contributed by atoms with Gasteiger partial charge in [0.15, 0.2) is 24.1 Å². The monoisotopic (exact) mass is 534 g/mol. The van der Waals surface area contributed by atoms with Gasteiger partial charge in [-0.3, -0.25) is 9.59 Å². The van der Waals surface area contributed by atoms with Gasteiger partial charge in [0.2, 0.25) is 17.6 Å². The molecule has 16 heteroatoms. The minimum atomic E-state index is -1.33. The van der Waals surface area contributed by atoms with E-state index in [4.69, 9.17) is 20.8 Å². The van der Waals surface area contributed by atoms with Crippen molar-refractivity contribution >= 4 is 57.9 Å². The normalized spacial score (nSPS) is 20.0. The number of carbonyl (C=O) groups is 4. The number of fused-ring (bicyclic) bond motifs is 1. The molecule has 0 radical (unpaired) electrons. The molecule has 1 saturated heterocycles. The molecule has 0 bridgehead atoms. The molecule has 3 atom stereocenters. The predicted molar refractivity (Wildman–Crippen MR) is 126 cm³/mol. The number of nitrogen functional groups attached to an aromatic ring is 1. The topological polar surface area (TPSA) is 201 Å². The van der Waals surface area contributed by atoms with E-state index >= 15 is 0 Å². The minimum Gasteiger partial charge on any atom is -0.478 e. The number of β-lactam (4-membered cyclic amide) rings is 1. The first-order chi connectivity index (χ1) is 17.1. The van der Waals surface area contributed by atoms with E-state index in [1.807, 2.05) is 0 Å². The molecule has 1 fully saturated rings. The fourth-order valence-corrected chi connectivity index (χ4v) is 4.97. The summed E-state index contributed by atoms with van der Waals surface area (Å²) in [6, 6.07) is 2.14. The summed E-state index contributed by atoms with van der Waals surface area (Å²) >= 11 is 2.27. The van der Waals surface area contributed by atoms with E-state index in [2.05, 4.69) is 19.8 Å². The summed E-state index contributed by atoms with van der Waals surface area (Å²) in [7, 11) is 0. The number of aromatic carboxylic acids is 1. The number of aromatic nitrogens is 3. The Hall–Kier alpha value is -4.05. The number of rotatable bonds is 9. The molecule has 0 aromatic carbocycles. The average molecular weight is 535 g/mol. The number of aliphatic carboxylic acids is 1. The lowest BCUT2D eigenvalue weighted by molar-refractivity contribution is -0.689. The largest absolute Gasteiger partial charge is 0.478 e. The van der Waals surface area contributed by atoms with Crippen molar-refractivity contribution in [3.8, 4) is 0 Å². The Bertz CT molecular complexity index is 1280. The van der Waals surface area contributed by atoms with Crippen LogP contribution in [0, 0.1) is 0 Å². The van der Waals surface area contributed by atoms with Crippen LogP contribution in [0.5, 0.6) is 0 Å². The number of thioether (sulfide) groups is 1. The maximum Gasteiger partial charge on any atom is 0.347 e. The van der Waals surface area contributed by atoms with Gasteiger partial charge >= 0.3 is 11.9 Å². The number of hydrogen-bond acceptors (Lipinski definition) is 11. The number of oxime groups is 1. The van der Waals surface area contributed by atoms with Gasteiger partial charge < -0.3 is 31.0 Å². The molecular weight excluding hydrogens is 514 g/mol. The number of carboxylic acids is 2. The van der Waals surface area contributed by atoms with Gasteiger partial charge in [0.1, 0.15) is 11.4 Å². The van der Waals surface area contributed by atoms with Crippen LogP contribution >= 0.6 is 23.3 Å². The second kappa shape index (κ2) is 10.3. The van der Waals surface area contributed by atoms with E-state index in [1.54, 1.807) is 23.2 Å². The number of nitrogens with two attached hydrogens (primary N) is 1. The number of anilines is 1. The van der Waals surface area contributed by atoms with Crippen molar-refractivity contribution in [1.82, 2.24) is 19.6 Å². The molecule has 2 unspecified atom stereocenters. The summed E-state index contributed by atoms with van der Waals surface area (Å²) in [5, 5.41) is 23.9. The molecule has 14 nitrogen and oxygen atoms in total. The van der Waals surface area contributed by atoms with Crippen molar-refractivity contribution in [3.63, 3.8) is 0 Å². The van der Waals surface area contributed by atoms with Crippen molar-refractivity contribution < 1.29 is 38.8 Å². The Morgan fingerprint density at radius 2 is 2.08 bits per heavy atom. The van der Waals surface area contributed by atoms with Crippen LogP contribution in [-0.2, 0) is 25.8 Å². The third-order valence-corrected chi connectivity index (χ3v) is 7.09. The van der Waals surface area contributed by atoms with Gasteiger partial charge in [-0.25, -0.2) is 14.2 Å². The van der Waals surface area contributed by atoms with Gasteiger partial charge in [-0.05, 0) is 6.92 Å². The number of nitrogens with one attached hydrogen (secondary N) is 1. The zero-order valence-electron chi connectivity index (χ0n) is 18.6. The molecule has 2 amide bonds. The van der Waals surface area contributed by atoms with Crippen molar-refractivity contribution in [2.75, 3.05) is 11.5 Å². The maximum atomic E-state index is 12.9. The highest BCUT2D eigenvalue weighted by atomic mass is 32.2. The first-order valence-electron chi connectivity index (χ1n) is 10.4. The van der Waals surface area contributed by atoms with Gasteiger partial charge in [0.25, 0.3) is 11.8 Å². The van der Waals surface area contributed by atoms with Crippen LogP contribution in [0.4, 0.5) is 5.13 Å². The van der Waals surface area contributed by atoms with E-state index in [-0.39, 0.29) is 27.8 Å². The molecule has 2 aliphatic heterocycles. The lowest BCUT2D eigenvalue weighted by Crippen LogP contribution is -2.69. The predicted octanol–water partition coefficient (Wildman–Crippen LogP) is -0.716. The lowest BCUT2D eigenvalue weighted by atomic mass is 10.1. The molecule has 188 valence electrons. The van der Waals surface area contributed by atoms with E-state index in [9.17, 15) is 19.2 Å². The zero-order chi connectivity index (χ0) is 26.0. The number of carbonyl (C=O) groups excluding carboxylic acids is 2. The summed E-state index contributed by atoms with van der Waals surface area (Å²) in [6.45, 7) is 1.70. The zero-order valence-corrected chi connectivity index (χ0v) is 20.2. The second-order valence-corrected chi connectivity index (χ2v) is 9.62. The summed E-state index contributed by atoms with van der Waals surface area (Å²) < 4.78 is 5.72. The highest BCUT2D eigenvalue weighted by molar-refractivity contribution is 8.00. The fraction of sp³-hybridized carbons (Fsp3) is 0.300. The number of hydrogen-bond donors (Lipinski definition) is 4. The quantitative estimate of drug-likeness (QED) is 0.137. The van der Waals surface area contributed by atoms with E-state index in [1.165, 1.54) is 35.7 Å². The number of nitrogens with zero attached hydrogens (tertiary/aromatic N) is 5. The molecule has 2 aliphatic rings. The van der Waals surface area contributed by atoms with E-state index < -0.39 is 35.7 Å². The Labute approximate surface area is 211 Å². The van der Waals surface area contributed by atoms with E-state index in [0.717, 1.165) is 17.1 Å². The molecule has 4 heterocycles. The lowest BCUT2D eigenvalue weighted by Gasteiger charge is -2.47. The minimum absolute atomic E-state index is 0.0682. The van der Waals surface area contributed by atoms with Gasteiger partial charge in [-0.15, -0.1) is 11.8 Å². The van der Waals surface area contributed by atoms with Crippen molar-refractivity contribution in [2.45, 2.75) is 31.0 Å². The highest BCUT2D eigenvalue weighted by Gasteiger charge is 2.50. The SMILES string of the molecule is CC(ON=C(C(=O)NC1C(=O)N2C=C(C[n+]3ccc(C(=O)O)cc3)CS[C@H]12)c1nsc(N)n1)C(=O)O. The van der Waals surface area contributed by atoms with Crippen LogP contribution in [0.3, 0.4) is 0 Å². The summed E-state index contributed by atoms with van der Waals surface area (Å²) in [5.74, 6) is -3.02. The number of amides is 2. The standard InChI is InChI=1S/C20H19N7O7S2/c1-9(18(30)31)34-24-12(14-23-20(21)36-25-14)15(28)22-13-16(29)27-7-10(8-35-17(13)27)6-26-4-2-11(3-5-26)19(32)33/h2-5,7,9,13,17H,6,8H2,1H3,(H4-,21,22,23,25,28,30,31,32,33)/p+1/t9?,13?,17-/m1/s1. The van der Waals surface area contributed by atoms with Gasteiger partial charge in [0.05, 0.1) is 5.56 Å². The second-order valence-electron chi connectivity index (χ2n) is 7.73. The van der Waals surface area contributed by atoms with Crippen LogP contribution in [0.25, 0.3) is 0 Å². The maximum absolute atomic E-state index is 12.9. The molecule has 2 aromatic heterocycles. The molecular formula is C20H20N7O7S2+. The van der Waals surface area contributed by atoms with Gasteiger partial charge in [-0.1, -0.05) is 5.16 Å². The Balaban J connectivity index is 1.42. The van der Waals surface area contributed by atoms with Crippen LogP contribution in [0.15, 0.2) is 41.5 Å². The third-order valence-electron chi connectivity index (χ3n) is 5.17. The van der Waals surface area contributed by atoms with Crippen LogP contribution < -0.4 is 15.6 Å². The summed E-state index contributed by atoms with van der Waals surface area (Å²) in [5.41, 5.74) is 6.29. The fourth-order valence-electron chi connectivity index (χ4n) is 3.29. The van der Waals surface area contributed by atoms with Crippen molar-refractivity contribution in [3.05, 3.63) is 47.7 Å². The third kappa shape index (κ3) is 5.28. The highest BCUT2D eigenvalue weighted by Crippen LogP contribution is 2.36. The smallest absolute Gasteiger partial charge is 0.347 e. The Morgan fingerprint density at radius 1 is 1.36 bits per heavy atom. The van der Waals surface area contributed by atoms with Crippen LogP contribution in [-0.4, -0.2) is 77.2 Å². The number of carboxylic acid groups (broad SMARTS) is 2. The van der Waals surface area contributed by atoms with Crippen LogP contribution in [0.2, 0.25) is 0 Å². The molecule has 0 saturated carbocycles. The average Bonchev–Trinajstić information content (AvgIpc) is 3.28. The molecule has 0 aliphatic carbocycles. The van der Waals surface area contributed by atoms with Crippen molar-refractivity contribution in [1.29, 1.82) is 0 Å². The van der Waals surface area contributed by atoms with E-state index in [0.29, 0.717) is 12.3 Å². The molecule has 36 heavy (non-hydrogen) atoms. The first kappa shape index (κ1) is 25.1. The molecule has 2 aromatic rings. The Kier molecular flexibility index (Phi) is 7.16. The summed E-state index contributed by atoms with van der Waals surface area (Å²) in [6.07, 6.45) is 3.69. The van der Waals surface area contributed by atoms with Crippen molar-refractivity contribution in [2.24, 2.45) is 5.16 Å². The van der Waals surface area contributed by atoms with Gasteiger partial charge in [0, 0.05) is 41.2 Å². The Morgan fingerprint density at radius 3 is 2.69 bits per heavy atom. The first-order valence-corrected chi connectivity index (χ1v) is 12.2. The van der Waals surface area contributed by atoms with Crippen LogP contribution in [0.1, 0.15) is 23.1 Å². The number of pyridine rings is 1. The van der Waals surface area contributed by atoms with Gasteiger partial charge in [-0.2, -0.15) is 9.36 Å². The molecule has 5 N–H and O–H groups in total. The molecule has 0 spiro atoms. The summed E-state index contributed by atoms with van der Waals surface area (Å²) in [4.78, 5) is 58.0. The molecule has 4 rings (SSSR count).